The number of rotatable bonds is 4. The third kappa shape index (κ3) is 3.14. The largest absolute Gasteiger partial charge is 0.352 e. The first kappa shape index (κ1) is 16.5. The Morgan fingerprint density at radius 3 is 2.96 bits per heavy atom. The average Bonchev–Trinajstić information content (AvgIpc) is 3.09. The average molecular weight is 347 g/mol. The van der Waals surface area contributed by atoms with Crippen LogP contribution in [0.15, 0.2) is 30.5 Å². The Morgan fingerprint density at radius 1 is 1.50 bits per heavy atom. The maximum atomic E-state index is 12.7. The quantitative estimate of drug-likeness (QED) is 0.891. The Morgan fingerprint density at radius 2 is 2.29 bits per heavy atom. The summed E-state index contributed by atoms with van der Waals surface area (Å²) in [4.78, 5) is 26.4. The molecule has 1 fully saturated rings. The van der Waals surface area contributed by atoms with Crippen LogP contribution in [-0.4, -0.2) is 34.0 Å². The summed E-state index contributed by atoms with van der Waals surface area (Å²) in [5.41, 5.74) is 2.72. The molecule has 0 aliphatic carbocycles. The molecule has 6 nitrogen and oxygen atoms in total. The van der Waals surface area contributed by atoms with E-state index in [9.17, 15) is 9.59 Å². The van der Waals surface area contributed by atoms with E-state index in [0.29, 0.717) is 11.6 Å². The lowest BCUT2D eigenvalue weighted by Gasteiger charge is -2.25. The molecular formula is C17H19ClN4O2. The number of aromatic amines is 1. The molecule has 0 radical (unpaired) electrons. The number of halogens is 1. The zero-order chi connectivity index (χ0) is 17.3. The van der Waals surface area contributed by atoms with Crippen molar-refractivity contribution in [2.24, 2.45) is 5.92 Å². The summed E-state index contributed by atoms with van der Waals surface area (Å²) in [6, 6.07) is 7.01. The number of likely N-dealkylation sites (tertiary alicyclic amines) is 1. The van der Waals surface area contributed by atoms with Crippen molar-refractivity contribution in [3.63, 3.8) is 0 Å². The van der Waals surface area contributed by atoms with Crippen LogP contribution in [0.2, 0.25) is 5.02 Å². The van der Waals surface area contributed by atoms with E-state index in [0.717, 1.165) is 16.8 Å². The van der Waals surface area contributed by atoms with Gasteiger partial charge in [0.05, 0.1) is 18.2 Å². The Bertz CT molecular complexity index is 773. The van der Waals surface area contributed by atoms with Crippen LogP contribution in [0.4, 0.5) is 0 Å². The van der Waals surface area contributed by atoms with Gasteiger partial charge in [0.1, 0.15) is 0 Å². The molecule has 7 heteroatoms. The summed E-state index contributed by atoms with van der Waals surface area (Å²) in [6.45, 7) is 2.29. The van der Waals surface area contributed by atoms with Gasteiger partial charge in [-0.2, -0.15) is 5.10 Å². The Kier molecular flexibility index (Phi) is 4.57. The van der Waals surface area contributed by atoms with Gasteiger partial charge in [0, 0.05) is 36.3 Å². The van der Waals surface area contributed by atoms with E-state index < -0.39 is 5.92 Å². The lowest BCUT2D eigenvalue weighted by atomic mass is 9.93. The minimum absolute atomic E-state index is 0.0420. The SMILES string of the molecule is Cc1[nH]ncc1CNC(=O)[C@H]1CC(=O)N(C)[C@@H]1c1cccc(Cl)c1. The standard InChI is InChI=1S/C17H19ClN4O2/c1-10-12(9-20-21-10)8-19-17(24)14-7-15(23)22(2)16(14)11-4-3-5-13(18)6-11/h3-6,9,14,16H,7-8H2,1-2H3,(H,19,24)(H,20,21)/t14-,16+/m0/s1. The van der Waals surface area contributed by atoms with Crippen molar-refractivity contribution in [3.05, 3.63) is 52.3 Å². The second-order valence-corrected chi connectivity index (χ2v) is 6.49. The molecule has 24 heavy (non-hydrogen) atoms. The molecule has 1 aromatic carbocycles. The van der Waals surface area contributed by atoms with Crippen LogP contribution in [0.3, 0.4) is 0 Å². The highest BCUT2D eigenvalue weighted by Gasteiger charge is 2.42. The first-order valence-corrected chi connectivity index (χ1v) is 8.13. The fraction of sp³-hybridized carbons (Fsp3) is 0.353. The van der Waals surface area contributed by atoms with Gasteiger partial charge in [-0.15, -0.1) is 0 Å². The lowest BCUT2D eigenvalue weighted by Crippen LogP contribution is -2.34. The number of aryl methyl sites for hydroxylation is 1. The molecule has 3 rings (SSSR count). The Hall–Kier alpha value is -2.34. The molecule has 2 heterocycles. The van der Waals surface area contributed by atoms with Crippen molar-refractivity contribution >= 4 is 23.4 Å². The van der Waals surface area contributed by atoms with E-state index in [4.69, 9.17) is 11.6 Å². The van der Waals surface area contributed by atoms with Crippen LogP contribution in [0.1, 0.15) is 29.3 Å². The molecule has 2 amide bonds. The molecule has 1 aromatic heterocycles. The predicted octanol–water partition coefficient (Wildman–Crippen LogP) is 2.21. The second kappa shape index (κ2) is 6.65. The number of nitrogens with zero attached hydrogens (tertiary/aromatic N) is 2. The summed E-state index contributed by atoms with van der Waals surface area (Å²) < 4.78 is 0. The molecule has 2 atom stereocenters. The van der Waals surface area contributed by atoms with Crippen LogP contribution in [0, 0.1) is 12.8 Å². The van der Waals surface area contributed by atoms with Gasteiger partial charge < -0.3 is 10.2 Å². The van der Waals surface area contributed by atoms with Gasteiger partial charge in [-0.05, 0) is 24.6 Å². The number of hydrogen-bond donors (Lipinski definition) is 2. The summed E-state index contributed by atoms with van der Waals surface area (Å²) in [7, 11) is 1.72. The number of amides is 2. The van der Waals surface area contributed by atoms with Gasteiger partial charge >= 0.3 is 0 Å². The normalized spacial score (nSPS) is 20.5. The van der Waals surface area contributed by atoms with Gasteiger partial charge in [-0.25, -0.2) is 0 Å². The lowest BCUT2D eigenvalue weighted by molar-refractivity contribution is -0.128. The van der Waals surface area contributed by atoms with E-state index in [-0.39, 0.29) is 24.3 Å². The zero-order valence-corrected chi connectivity index (χ0v) is 14.3. The van der Waals surface area contributed by atoms with Crippen LogP contribution in [-0.2, 0) is 16.1 Å². The number of benzene rings is 1. The summed E-state index contributed by atoms with van der Waals surface area (Å²) >= 11 is 6.07. The van der Waals surface area contributed by atoms with Crippen molar-refractivity contribution in [1.82, 2.24) is 20.4 Å². The van der Waals surface area contributed by atoms with E-state index in [2.05, 4.69) is 15.5 Å². The molecule has 1 saturated heterocycles. The summed E-state index contributed by atoms with van der Waals surface area (Å²) in [5.74, 6) is -0.619. The molecule has 0 bridgehead atoms. The number of aromatic nitrogens is 2. The number of nitrogens with one attached hydrogen (secondary N) is 2. The molecule has 2 N–H and O–H groups in total. The Labute approximate surface area is 145 Å². The maximum Gasteiger partial charge on any atom is 0.226 e. The maximum absolute atomic E-state index is 12.7. The first-order valence-electron chi connectivity index (χ1n) is 7.75. The van der Waals surface area contributed by atoms with Gasteiger partial charge in [0.15, 0.2) is 0 Å². The molecule has 2 aromatic rings. The summed E-state index contributed by atoms with van der Waals surface area (Å²) in [5, 5.41) is 10.3. The van der Waals surface area contributed by atoms with E-state index >= 15 is 0 Å². The van der Waals surface area contributed by atoms with Crippen molar-refractivity contribution in [2.45, 2.75) is 25.9 Å². The topological polar surface area (TPSA) is 78.1 Å². The number of carbonyl (C=O) groups is 2. The van der Waals surface area contributed by atoms with E-state index in [1.807, 2.05) is 25.1 Å². The second-order valence-electron chi connectivity index (χ2n) is 6.05. The monoisotopic (exact) mass is 346 g/mol. The van der Waals surface area contributed by atoms with E-state index in [1.165, 1.54) is 0 Å². The molecule has 126 valence electrons. The number of hydrogen-bond acceptors (Lipinski definition) is 3. The molecule has 1 aliphatic rings. The van der Waals surface area contributed by atoms with E-state index in [1.54, 1.807) is 24.2 Å². The molecule has 0 saturated carbocycles. The predicted molar refractivity (Wildman–Crippen MR) is 90.2 cm³/mol. The molecule has 0 spiro atoms. The van der Waals surface area contributed by atoms with Crippen molar-refractivity contribution < 1.29 is 9.59 Å². The highest BCUT2D eigenvalue weighted by Crippen LogP contribution is 2.37. The van der Waals surface area contributed by atoms with Crippen LogP contribution < -0.4 is 5.32 Å². The summed E-state index contributed by atoms with van der Waals surface area (Å²) in [6.07, 6.45) is 1.89. The first-order chi connectivity index (χ1) is 11.5. The smallest absolute Gasteiger partial charge is 0.226 e. The van der Waals surface area contributed by atoms with Crippen LogP contribution in [0.5, 0.6) is 0 Å². The highest BCUT2D eigenvalue weighted by molar-refractivity contribution is 6.30. The number of carbonyl (C=O) groups excluding carboxylic acids is 2. The van der Waals surface area contributed by atoms with Gasteiger partial charge in [0.25, 0.3) is 0 Å². The fourth-order valence-corrected chi connectivity index (χ4v) is 3.32. The molecule has 1 aliphatic heterocycles. The minimum atomic E-state index is -0.437. The Balaban J connectivity index is 1.78. The third-order valence-electron chi connectivity index (χ3n) is 4.50. The van der Waals surface area contributed by atoms with Crippen molar-refractivity contribution in [3.8, 4) is 0 Å². The molecular weight excluding hydrogens is 328 g/mol. The highest BCUT2D eigenvalue weighted by atomic mass is 35.5. The van der Waals surface area contributed by atoms with Gasteiger partial charge in [-0.3, -0.25) is 14.7 Å². The third-order valence-corrected chi connectivity index (χ3v) is 4.74. The number of H-pyrrole nitrogens is 1. The minimum Gasteiger partial charge on any atom is -0.352 e. The fourth-order valence-electron chi connectivity index (χ4n) is 3.12. The molecule has 0 unspecified atom stereocenters. The van der Waals surface area contributed by atoms with Crippen LogP contribution in [0.25, 0.3) is 0 Å². The van der Waals surface area contributed by atoms with Gasteiger partial charge in [-0.1, -0.05) is 23.7 Å². The van der Waals surface area contributed by atoms with Crippen LogP contribution >= 0.6 is 11.6 Å². The van der Waals surface area contributed by atoms with Crippen molar-refractivity contribution in [2.75, 3.05) is 7.05 Å². The van der Waals surface area contributed by atoms with Crippen molar-refractivity contribution in [1.29, 1.82) is 0 Å². The zero-order valence-electron chi connectivity index (χ0n) is 13.5. The van der Waals surface area contributed by atoms with Gasteiger partial charge in [0.2, 0.25) is 11.8 Å².